The highest BCUT2D eigenvalue weighted by molar-refractivity contribution is 5.78. The molecule has 0 radical (unpaired) electrons. The van der Waals surface area contributed by atoms with E-state index in [1.807, 2.05) is 24.0 Å². The summed E-state index contributed by atoms with van der Waals surface area (Å²) in [6.45, 7) is 5.54. The molecule has 1 aliphatic rings. The zero-order valence-corrected chi connectivity index (χ0v) is 13.5. The smallest absolute Gasteiger partial charge is 0.310 e. The van der Waals surface area contributed by atoms with Gasteiger partial charge in [0.15, 0.2) is 0 Å². The normalized spacial score (nSPS) is 18.1. The minimum absolute atomic E-state index is 0.136. The fourth-order valence-corrected chi connectivity index (χ4v) is 2.95. The molecular formula is C18H25NO3. The van der Waals surface area contributed by atoms with Crippen LogP contribution in [0.4, 0.5) is 0 Å². The number of esters is 1. The van der Waals surface area contributed by atoms with Gasteiger partial charge in [-0.3, -0.25) is 9.59 Å². The Hall–Kier alpha value is -1.84. The summed E-state index contributed by atoms with van der Waals surface area (Å²) in [5.74, 6) is -0.188. The van der Waals surface area contributed by atoms with Crippen LogP contribution in [0.5, 0.6) is 0 Å². The largest absolute Gasteiger partial charge is 0.466 e. The van der Waals surface area contributed by atoms with Crippen LogP contribution in [0.1, 0.15) is 37.3 Å². The second-order valence-corrected chi connectivity index (χ2v) is 5.86. The Morgan fingerprint density at radius 1 is 1.32 bits per heavy atom. The van der Waals surface area contributed by atoms with Crippen LogP contribution in [0.15, 0.2) is 24.3 Å². The van der Waals surface area contributed by atoms with Crippen LogP contribution in [-0.2, 0) is 20.7 Å². The molecule has 1 atom stereocenters. The fraction of sp³-hybridized carbons (Fsp3) is 0.556. The summed E-state index contributed by atoms with van der Waals surface area (Å²) in [7, 11) is 0. The van der Waals surface area contributed by atoms with E-state index >= 15 is 0 Å². The third-order valence-electron chi connectivity index (χ3n) is 4.26. The molecule has 1 heterocycles. The molecule has 0 N–H and O–H groups in total. The lowest BCUT2D eigenvalue weighted by atomic mass is 9.97. The average molecular weight is 303 g/mol. The van der Waals surface area contributed by atoms with E-state index in [4.69, 9.17) is 4.74 Å². The highest BCUT2D eigenvalue weighted by Gasteiger charge is 2.29. The molecule has 22 heavy (non-hydrogen) atoms. The summed E-state index contributed by atoms with van der Waals surface area (Å²) in [6, 6.07) is 8.15. The van der Waals surface area contributed by atoms with E-state index in [0.29, 0.717) is 19.6 Å². The minimum Gasteiger partial charge on any atom is -0.466 e. The molecule has 0 spiro atoms. The second-order valence-electron chi connectivity index (χ2n) is 5.86. The second kappa shape index (κ2) is 7.97. The van der Waals surface area contributed by atoms with Gasteiger partial charge < -0.3 is 9.64 Å². The Bertz CT molecular complexity index is 527. The highest BCUT2D eigenvalue weighted by atomic mass is 16.5. The number of rotatable bonds is 5. The minimum atomic E-state index is -0.168. The maximum Gasteiger partial charge on any atom is 0.310 e. The first-order valence-corrected chi connectivity index (χ1v) is 8.10. The first-order valence-electron chi connectivity index (χ1n) is 8.10. The van der Waals surface area contributed by atoms with Gasteiger partial charge >= 0.3 is 5.97 Å². The molecule has 1 aliphatic heterocycles. The van der Waals surface area contributed by atoms with Crippen LogP contribution in [0.3, 0.4) is 0 Å². The third kappa shape index (κ3) is 4.33. The molecule has 4 heteroatoms. The van der Waals surface area contributed by atoms with Crippen LogP contribution in [0.25, 0.3) is 0 Å². The summed E-state index contributed by atoms with van der Waals surface area (Å²) < 4.78 is 5.08. The van der Waals surface area contributed by atoms with Gasteiger partial charge in [0.1, 0.15) is 0 Å². The number of likely N-dealkylation sites (tertiary alicyclic amines) is 1. The Kier molecular flexibility index (Phi) is 5.99. The zero-order valence-electron chi connectivity index (χ0n) is 13.5. The number of amides is 1. The number of nitrogens with zero attached hydrogens (tertiary/aromatic N) is 1. The first-order chi connectivity index (χ1) is 10.6. The highest BCUT2D eigenvalue weighted by Crippen LogP contribution is 2.19. The molecule has 4 nitrogen and oxygen atoms in total. The number of carbonyl (C=O) groups is 2. The number of ether oxygens (including phenoxy) is 1. The number of aryl methyl sites for hydroxylation is 2. The van der Waals surface area contributed by atoms with E-state index in [1.165, 1.54) is 11.1 Å². The summed E-state index contributed by atoms with van der Waals surface area (Å²) >= 11 is 0. The quantitative estimate of drug-likeness (QED) is 0.786. The van der Waals surface area contributed by atoms with Gasteiger partial charge in [0.2, 0.25) is 5.91 Å². The molecule has 1 aromatic carbocycles. The summed E-state index contributed by atoms with van der Waals surface area (Å²) in [5, 5.41) is 0. The number of benzene rings is 1. The fourth-order valence-electron chi connectivity index (χ4n) is 2.95. The van der Waals surface area contributed by atoms with E-state index in [9.17, 15) is 9.59 Å². The Morgan fingerprint density at radius 2 is 2.09 bits per heavy atom. The number of piperidine rings is 1. The maximum atomic E-state index is 12.4. The van der Waals surface area contributed by atoms with Crippen molar-refractivity contribution in [3.63, 3.8) is 0 Å². The Morgan fingerprint density at radius 3 is 2.82 bits per heavy atom. The Labute approximate surface area is 132 Å². The van der Waals surface area contributed by atoms with E-state index in [-0.39, 0.29) is 17.8 Å². The van der Waals surface area contributed by atoms with Crippen molar-refractivity contribution in [1.82, 2.24) is 4.90 Å². The Balaban J connectivity index is 1.87. The van der Waals surface area contributed by atoms with Gasteiger partial charge in [0.05, 0.1) is 12.5 Å². The monoisotopic (exact) mass is 303 g/mol. The molecule has 0 aromatic heterocycles. The molecule has 120 valence electrons. The van der Waals surface area contributed by atoms with Crippen molar-refractivity contribution in [2.24, 2.45) is 5.92 Å². The molecule has 1 aromatic rings. The van der Waals surface area contributed by atoms with Gasteiger partial charge in [-0.2, -0.15) is 0 Å². The van der Waals surface area contributed by atoms with Gasteiger partial charge in [-0.05, 0) is 44.2 Å². The van der Waals surface area contributed by atoms with Crippen LogP contribution in [-0.4, -0.2) is 36.5 Å². The van der Waals surface area contributed by atoms with Gasteiger partial charge in [0, 0.05) is 19.5 Å². The summed E-state index contributed by atoms with van der Waals surface area (Å²) in [4.78, 5) is 26.0. The molecule has 1 fully saturated rings. The molecule has 1 amide bonds. The van der Waals surface area contributed by atoms with Crippen molar-refractivity contribution in [2.75, 3.05) is 19.7 Å². The van der Waals surface area contributed by atoms with Crippen LogP contribution in [0.2, 0.25) is 0 Å². The molecule has 0 bridgehead atoms. The van der Waals surface area contributed by atoms with Crippen molar-refractivity contribution in [3.05, 3.63) is 35.4 Å². The van der Waals surface area contributed by atoms with Crippen molar-refractivity contribution in [2.45, 2.75) is 39.5 Å². The predicted molar refractivity (Wildman–Crippen MR) is 85.4 cm³/mol. The first kappa shape index (κ1) is 16.5. The SMILES string of the molecule is CCOC(=O)C1CCCN(C(=O)CCc2ccccc2C)C1. The zero-order chi connectivity index (χ0) is 15.9. The maximum absolute atomic E-state index is 12.4. The van der Waals surface area contributed by atoms with E-state index < -0.39 is 0 Å². The number of hydrogen-bond acceptors (Lipinski definition) is 3. The predicted octanol–water partition coefficient (Wildman–Crippen LogP) is 2.73. The lowest BCUT2D eigenvalue weighted by molar-refractivity contribution is -0.151. The molecular weight excluding hydrogens is 278 g/mol. The van der Waals surface area contributed by atoms with Gasteiger partial charge in [-0.25, -0.2) is 0 Å². The molecule has 1 saturated heterocycles. The molecule has 1 unspecified atom stereocenters. The van der Waals surface area contributed by atoms with Crippen LogP contribution < -0.4 is 0 Å². The lowest BCUT2D eigenvalue weighted by Gasteiger charge is -2.31. The topological polar surface area (TPSA) is 46.6 Å². The van der Waals surface area contributed by atoms with E-state index in [2.05, 4.69) is 19.1 Å². The van der Waals surface area contributed by atoms with Crippen LogP contribution >= 0.6 is 0 Å². The molecule has 0 aliphatic carbocycles. The number of hydrogen-bond donors (Lipinski definition) is 0. The number of carbonyl (C=O) groups excluding carboxylic acids is 2. The summed E-state index contributed by atoms with van der Waals surface area (Å²) in [6.07, 6.45) is 2.95. The van der Waals surface area contributed by atoms with Crippen molar-refractivity contribution < 1.29 is 14.3 Å². The third-order valence-corrected chi connectivity index (χ3v) is 4.26. The van der Waals surface area contributed by atoms with E-state index in [1.54, 1.807) is 0 Å². The van der Waals surface area contributed by atoms with E-state index in [0.717, 1.165) is 25.8 Å². The van der Waals surface area contributed by atoms with Gasteiger partial charge in [-0.15, -0.1) is 0 Å². The standard InChI is InChI=1S/C18H25NO3/c1-3-22-18(21)16-9-6-12-19(13-16)17(20)11-10-15-8-5-4-7-14(15)2/h4-5,7-8,16H,3,6,9-13H2,1-2H3. The van der Waals surface area contributed by atoms with Gasteiger partial charge in [-0.1, -0.05) is 24.3 Å². The van der Waals surface area contributed by atoms with Gasteiger partial charge in [0.25, 0.3) is 0 Å². The van der Waals surface area contributed by atoms with Crippen molar-refractivity contribution in [1.29, 1.82) is 0 Å². The molecule has 0 saturated carbocycles. The van der Waals surface area contributed by atoms with Crippen molar-refractivity contribution >= 4 is 11.9 Å². The molecule has 2 rings (SSSR count). The van der Waals surface area contributed by atoms with Crippen LogP contribution in [0, 0.1) is 12.8 Å². The average Bonchev–Trinajstić information content (AvgIpc) is 2.54. The lowest BCUT2D eigenvalue weighted by Crippen LogP contribution is -2.42. The summed E-state index contributed by atoms with van der Waals surface area (Å²) in [5.41, 5.74) is 2.44. The van der Waals surface area contributed by atoms with Crippen molar-refractivity contribution in [3.8, 4) is 0 Å².